The molecule has 0 radical (unpaired) electrons. The SMILES string of the molecule is CC(Cc1ccco1)Nc1nc(NN)nc2sccc12. The van der Waals surface area contributed by atoms with Crippen LogP contribution in [0.25, 0.3) is 10.2 Å². The Morgan fingerprint density at radius 2 is 2.30 bits per heavy atom. The first-order valence-electron chi connectivity index (χ1n) is 6.27. The van der Waals surface area contributed by atoms with E-state index in [1.54, 1.807) is 17.6 Å². The predicted molar refractivity (Wildman–Crippen MR) is 80.7 cm³/mol. The lowest BCUT2D eigenvalue weighted by Crippen LogP contribution is -2.20. The van der Waals surface area contributed by atoms with Gasteiger partial charge < -0.3 is 9.73 Å². The third-order valence-corrected chi connectivity index (χ3v) is 3.73. The Balaban J connectivity index is 1.84. The first-order chi connectivity index (χ1) is 9.76. The maximum atomic E-state index is 5.41. The first-order valence-corrected chi connectivity index (χ1v) is 7.15. The van der Waals surface area contributed by atoms with Crippen molar-refractivity contribution in [1.82, 2.24) is 9.97 Å². The Bertz CT molecular complexity index is 694. The highest BCUT2D eigenvalue weighted by molar-refractivity contribution is 7.16. The van der Waals surface area contributed by atoms with Gasteiger partial charge in [-0.3, -0.25) is 5.43 Å². The summed E-state index contributed by atoms with van der Waals surface area (Å²) >= 11 is 1.56. The highest BCUT2D eigenvalue weighted by Crippen LogP contribution is 2.26. The van der Waals surface area contributed by atoms with E-state index < -0.39 is 0 Å². The number of hydrogen-bond acceptors (Lipinski definition) is 7. The van der Waals surface area contributed by atoms with Crippen LogP contribution in [0.1, 0.15) is 12.7 Å². The number of nitrogen functional groups attached to an aromatic ring is 1. The minimum atomic E-state index is 0.185. The van der Waals surface area contributed by atoms with Crippen LogP contribution in [0.3, 0.4) is 0 Å². The maximum absolute atomic E-state index is 5.41. The van der Waals surface area contributed by atoms with Gasteiger partial charge in [-0.05, 0) is 30.5 Å². The van der Waals surface area contributed by atoms with Crippen molar-refractivity contribution in [3.63, 3.8) is 0 Å². The van der Waals surface area contributed by atoms with Gasteiger partial charge in [-0.15, -0.1) is 11.3 Å². The molecule has 104 valence electrons. The summed E-state index contributed by atoms with van der Waals surface area (Å²) in [5.74, 6) is 7.54. The van der Waals surface area contributed by atoms with Gasteiger partial charge in [0, 0.05) is 12.5 Å². The van der Waals surface area contributed by atoms with Crippen LogP contribution >= 0.6 is 11.3 Å². The van der Waals surface area contributed by atoms with E-state index in [0.717, 1.165) is 28.2 Å². The smallest absolute Gasteiger partial charge is 0.240 e. The van der Waals surface area contributed by atoms with Gasteiger partial charge in [-0.25, -0.2) is 10.8 Å². The van der Waals surface area contributed by atoms with Crippen LogP contribution in [0.15, 0.2) is 34.3 Å². The molecule has 0 aliphatic carbocycles. The van der Waals surface area contributed by atoms with Gasteiger partial charge in [0.25, 0.3) is 0 Å². The van der Waals surface area contributed by atoms with Gasteiger partial charge in [-0.1, -0.05) is 0 Å². The second-order valence-corrected chi connectivity index (χ2v) is 5.40. The molecule has 0 aliphatic heterocycles. The van der Waals surface area contributed by atoms with Gasteiger partial charge in [0.15, 0.2) is 0 Å². The van der Waals surface area contributed by atoms with Crippen molar-refractivity contribution in [1.29, 1.82) is 0 Å². The van der Waals surface area contributed by atoms with E-state index >= 15 is 0 Å². The zero-order valence-electron chi connectivity index (χ0n) is 11.0. The van der Waals surface area contributed by atoms with Gasteiger partial charge in [0.05, 0.1) is 11.6 Å². The average Bonchev–Trinajstić information content (AvgIpc) is 3.09. The maximum Gasteiger partial charge on any atom is 0.240 e. The molecular formula is C13H15N5OS. The van der Waals surface area contributed by atoms with Crippen LogP contribution in [-0.4, -0.2) is 16.0 Å². The fraction of sp³-hybridized carbons (Fsp3) is 0.231. The topological polar surface area (TPSA) is 89.0 Å². The van der Waals surface area contributed by atoms with Crippen LogP contribution in [0.5, 0.6) is 0 Å². The van der Waals surface area contributed by atoms with Crippen LogP contribution in [0.2, 0.25) is 0 Å². The molecule has 0 saturated heterocycles. The van der Waals surface area contributed by atoms with Crippen molar-refractivity contribution in [2.75, 3.05) is 10.7 Å². The Morgan fingerprint density at radius 1 is 1.40 bits per heavy atom. The van der Waals surface area contributed by atoms with Crippen LogP contribution in [0.4, 0.5) is 11.8 Å². The summed E-state index contributed by atoms with van der Waals surface area (Å²) in [5.41, 5.74) is 2.49. The Hall–Kier alpha value is -2.12. The Morgan fingerprint density at radius 3 is 3.05 bits per heavy atom. The van der Waals surface area contributed by atoms with Crippen LogP contribution < -0.4 is 16.6 Å². The molecule has 0 amide bonds. The second-order valence-electron chi connectivity index (χ2n) is 4.51. The molecule has 7 heteroatoms. The summed E-state index contributed by atoms with van der Waals surface area (Å²) in [6, 6.07) is 6.04. The summed E-state index contributed by atoms with van der Waals surface area (Å²) in [6.07, 6.45) is 2.47. The van der Waals surface area contributed by atoms with E-state index in [1.807, 2.05) is 23.6 Å². The van der Waals surface area contributed by atoms with Crippen molar-refractivity contribution < 1.29 is 4.42 Å². The Labute approximate surface area is 120 Å². The number of nitrogens with one attached hydrogen (secondary N) is 2. The highest BCUT2D eigenvalue weighted by Gasteiger charge is 2.12. The summed E-state index contributed by atoms with van der Waals surface area (Å²) in [7, 11) is 0. The lowest BCUT2D eigenvalue weighted by atomic mass is 10.2. The van der Waals surface area contributed by atoms with Gasteiger partial charge in [-0.2, -0.15) is 4.98 Å². The van der Waals surface area contributed by atoms with E-state index in [0.29, 0.717) is 5.95 Å². The molecule has 0 bridgehead atoms. The van der Waals surface area contributed by atoms with E-state index in [2.05, 4.69) is 27.6 Å². The standard InChI is InChI=1S/C13H15N5OS/c1-8(7-9-3-2-5-19-9)15-11-10-4-6-20-12(10)17-13(16-11)18-14/h2-6,8H,7,14H2,1H3,(H2,15,16,17,18). The number of furan rings is 1. The zero-order chi connectivity index (χ0) is 13.9. The van der Waals surface area contributed by atoms with Crippen molar-refractivity contribution in [2.24, 2.45) is 5.84 Å². The monoisotopic (exact) mass is 289 g/mol. The summed E-state index contributed by atoms with van der Waals surface area (Å²) < 4.78 is 5.36. The highest BCUT2D eigenvalue weighted by atomic mass is 32.1. The predicted octanol–water partition coefficient (Wildman–Crippen LogP) is 2.61. The number of nitrogens with two attached hydrogens (primary N) is 1. The van der Waals surface area contributed by atoms with Crippen molar-refractivity contribution in [2.45, 2.75) is 19.4 Å². The summed E-state index contributed by atoms with van der Waals surface area (Å²) in [4.78, 5) is 9.59. The normalized spacial score (nSPS) is 12.5. The number of thiophene rings is 1. The fourth-order valence-corrected chi connectivity index (χ4v) is 2.81. The number of rotatable bonds is 5. The molecule has 3 aromatic rings. The number of fused-ring (bicyclic) bond motifs is 1. The van der Waals surface area contributed by atoms with Gasteiger partial charge in [0.2, 0.25) is 5.95 Å². The molecule has 0 saturated carbocycles. The van der Waals surface area contributed by atoms with E-state index in [4.69, 9.17) is 10.3 Å². The summed E-state index contributed by atoms with van der Waals surface area (Å²) in [6.45, 7) is 2.08. The Kier molecular flexibility index (Phi) is 3.53. The van der Waals surface area contributed by atoms with Crippen molar-refractivity contribution >= 4 is 33.3 Å². The molecule has 3 rings (SSSR count). The zero-order valence-corrected chi connectivity index (χ0v) is 11.8. The molecule has 6 nitrogen and oxygen atoms in total. The number of nitrogens with zero attached hydrogens (tertiary/aromatic N) is 2. The molecule has 1 unspecified atom stereocenters. The molecule has 1 atom stereocenters. The number of aromatic nitrogens is 2. The third kappa shape index (κ3) is 2.59. The minimum Gasteiger partial charge on any atom is -0.469 e. The lowest BCUT2D eigenvalue weighted by molar-refractivity contribution is 0.497. The molecule has 0 spiro atoms. The van der Waals surface area contributed by atoms with Crippen LogP contribution in [0, 0.1) is 0 Å². The first kappa shape index (κ1) is 12.9. The van der Waals surface area contributed by atoms with Crippen molar-refractivity contribution in [3.8, 4) is 0 Å². The number of anilines is 2. The average molecular weight is 289 g/mol. The quantitative estimate of drug-likeness (QED) is 0.494. The van der Waals surface area contributed by atoms with Crippen molar-refractivity contribution in [3.05, 3.63) is 35.6 Å². The molecular weight excluding hydrogens is 274 g/mol. The van der Waals surface area contributed by atoms with Gasteiger partial charge in [0.1, 0.15) is 16.4 Å². The molecule has 0 aliphatic rings. The largest absolute Gasteiger partial charge is 0.469 e. The minimum absolute atomic E-state index is 0.185. The second kappa shape index (κ2) is 5.48. The molecule has 0 aromatic carbocycles. The fourth-order valence-electron chi connectivity index (χ4n) is 2.04. The van der Waals surface area contributed by atoms with E-state index in [-0.39, 0.29) is 6.04 Å². The van der Waals surface area contributed by atoms with E-state index in [9.17, 15) is 0 Å². The molecule has 3 heterocycles. The molecule has 4 N–H and O–H groups in total. The lowest BCUT2D eigenvalue weighted by Gasteiger charge is -2.14. The molecule has 20 heavy (non-hydrogen) atoms. The number of hydrogen-bond donors (Lipinski definition) is 3. The number of hydrazine groups is 1. The molecule has 0 fully saturated rings. The van der Waals surface area contributed by atoms with Gasteiger partial charge >= 0.3 is 0 Å². The third-order valence-electron chi connectivity index (χ3n) is 2.92. The summed E-state index contributed by atoms with van der Waals surface area (Å²) in [5, 5.41) is 6.37. The van der Waals surface area contributed by atoms with E-state index in [1.165, 1.54) is 0 Å². The van der Waals surface area contributed by atoms with Crippen LogP contribution in [-0.2, 0) is 6.42 Å². The molecule has 3 aromatic heterocycles.